The van der Waals surface area contributed by atoms with E-state index < -0.39 is 0 Å². The van der Waals surface area contributed by atoms with Crippen LogP contribution in [-0.4, -0.2) is 11.4 Å². The zero-order valence-corrected chi connectivity index (χ0v) is 11.1. The van der Waals surface area contributed by atoms with Crippen LogP contribution in [-0.2, 0) is 0 Å². The van der Waals surface area contributed by atoms with Crippen LogP contribution < -0.4 is 0 Å². The van der Waals surface area contributed by atoms with E-state index in [4.69, 9.17) is 5.21 Å². The van der Waals surface area contributed by atoms with Crippen molar-refractivity contribution in [2.24, 2.45) is 5.16 Å². The number of hydrogen-bond acceptors (Lipinski definition) is 2. The zero-order chi connectivity index (χ0) is 12.5. The Morgan fingerprint density at radius 1 is 0.833 bits per heavy atom. The van der Waals surface area contributed by atoms with Gasteiger partial charge in [-0.05, 0) is 37.5 Å². The molecule has 88 valence electrons. The first kappa shape index (κ1) is 11.2. The molecule has 0 aromatic heterocycles. The summed E-state index contributed by atoms with van der Waals surface area (Å²) in [4.78, 5) is 0. The van der Waals surface area contributed by atoms with Gasteiger partial charge < -0.3 is 5.21 Å². The number of nitrogens with zero attached hydrogens (tertiary/aromatic N) is 1. The third-order valence-corrected chi connectivity index (χ3v) is 3.95. The lowest BCUT2D eigenvalue weighted by Crippen LogP contribution is -1.89. The molecule has 3 aromatic carbocycles. The lowest BCUT2D eigenvalue weighted by molar-refractivity contribution is 0.322. The Hall–Kier alpha value is -1.87. The van der Waals surface area contributed by atoms with Gasteiger partial charge in [-0.1, -0.05) is 53.7 Å². The van der Waals surface area contributed by atoms with Crippen molar-refractivity contribution in [2.75, 3.05) is 0 Å². The van der Waals surface area contributed by atoms with Gasteiger partial charge in [-0.2, -0.15) is 0 Å². The second-order valence-corrected chi connectivity index (χ2v) is 4.86. The van der Waals surface area contributed by atoms with E-state index >= 15 is 0 Å². The fourth-order valence-electron chi connectivity index (χ4n) is 2.31. The van der Waals surface area contributed by atoms with Crippen molar-refractivity contribution in [3.8, 4) is 0 Å². The molecule has 0 bridgehead atoms. The minimum atomic E-state index is 0.937. The first-order valence-electron chi connectivity index (χ1n) is 5.59. The van der Waals surface area contributed by atoms with Crippen molar-refractivity contribution < 1.29 is 5.21 Å². The highest BCUT2D eigenvalue weighted by Gasteiger charge is 2.10. The van der Waals surface area contributed by atoms with Gasteiger partial charge >= 0.3 is 0 Å². The Labute approximate surface area is 113 Å². The van der Waals surface area contributed by atoms with E-state index in [1.54, 1.807) is 0 Å². The summed E-state index contributed by atoms with van der Waals surface area (Å²) in [5.41, 5.74) is 0.937. The molecule has 3 aromatic rings. The molecule has 0 spiro atoms. The lowest BCUT2D eigenvalue weighted by Gasteiger charge is -2.10. The summed E-state index contributed by atoms with van der Waals surface area (Å²) in [6.07, 6.45) is 1.50. The molecule has 0 atom stereocenters. The summed E-state index contributed by atoms with van der Waals surface area (Å²) in [7, 11) is 0. The van der Waals surface area contributed by atoms with Crippen molar-refractivity contribution in [3.63, 3.8) is 0 Å². The van der Waals surface area contributed by atoms with E-state index in [1.165, 1.54) is 6.21 Å². The highest BCUT2D eigenvalue weighted by Crippen LogP contribution is 2.35. The van der Waals surface area contributed by atoms with Crippen LogP contribution in [0.4, 0.5) is 0 Å². The van der Waals surface area contributed by atoms with Crippen LogP contribution in [0.5, 0.6) is 0 Å². The molecule has 0 aliphatic rings. The Bertz CT molecular complexity index is 708. The highest BCUT2D eigenvalue weighted by molar-refractivity contribution is 9.10. The van der Waals surface area contributed by atoms with Gasteiger partial charge in [0.25, 0.3) is 0 Å². The molecule has 2 nitrogen and oxygen atoms in total. The number of rotatable bonds is 1. The van der Waals surface area contributed by atoms with Gasteiger partial charge in [0.15, 0.2) is 0 Å². The predicted octanol–water partition coefficient (Wildman–Crippen LogP) is 4.56. The Morgan fingerprint density at radius 2 is 1.28 bits per heavy atom. The number of oxime groups is 1. The van der Waals surface area contributed by atoms with Gasteiger partial charge in [0, 0.05) is 10.0 Å². The largest absolute Gasteiger partial charge is 0.411 e. The summed E-state index contributed by atoms with van der Waals surface area (Å²) >= 11 is 3.66. The summed E-state index contributed by atoms with van der Waals surface area (Å²) < 4.78 is 1.07. The molecule has 3 rings (SSSR count). The van der Waals surface area contributed by atoms with E-state index in [1.807, 2.05) is 36.4 Å². The quantitative estimate of drug-likeness (QED) is 0.304. The van der Waals surface area contributed by atoms with Gasteiger partial charge in [-0.25, -0.2) is 0 Å². The number of halogens is 1. The molecule has 0 heterocycles. The molecule has 0 saturated heterocycles. The van der Waals surface area contributed by atoms with Crippen LogP contribution >= 0.6 is 15.9 Å². The van der Waals surface area contributed by atoms with Crippen LogP contribution in [0.1, 0.15) is 5.56 Å². The molecule has 0 aliphatic carbocycles. The molecule has 18 heavy (non-hydrogen) atoms. The summed E-state index contributed by atoms with van der Waals surface area (Å²) in [6, 6.07) is 16.1. The fraction of sp³-hybridized carbons (Fsp3) is 0. The van der Waals surface area contributed by atoms with Gasteiger partial charge in [-0.15, -0.1) is 0 Å². The monoisotopic (exact) mass is 299 g/mol. The molecule has 0 amide bonds. The fourth-order valence-corrected chi connectivity index (χ4v) is 3.00. The van der Waals surface area contributed by atoms with E-state index in [0.29, 0.717) is 0 Å². The molecule has 0 radical (unpaired) electrons. The van der Waals surface area contributed by atoms with Crippen LogP contribution in [0, 0.1) is 0 Å². The van der Waals surface area contributed by atoms with Gasteiger partial charge in [0.2, 0.25) is 0 Å². The third-order valence-electron chi connectivity index (χ3n) is 3.09. The standard InChI is InChI=1S/C15H10BrNO/c16-15-12-7-3-1-5-10(12)14(9-17-18)11-6-2-4-8-13(11)15/h1-9,18H. The van der Waals surface area contributed by atoms with Crippen LogP contribution in [0.2, 0.25) is 0 Å². The number of hydrogen-bond donors (Lipinski definition) is 1. The molecule has 3 heteroatoms. The van der Waals surface area contributed by atoms with E-state index in [-0.39, 0.29) is 0 Å². The topological polar surface area (TPSA) is 32.6 Å². The lowest BCUT2D eigenvalue weighted by atomic mass is 9.97. The Balaban J connectivity index is 2.62. The van der Waals surface area contributed by atoms with Crippen molar-refractivity contribution in [2.45, 2.75) is 0 Å². The molecule has 1 N–H and O–H groups in total. The number of benzene rings is 3. The maximum Gasteiger partial charge on any atom is 0.0746 e. The summed E-state index contributed by atoms with van der Waals surface area (Å²) in [6.45, 7) is 0. The molecular weight excluding hydrogens is 290 g/mol. The second kappa shape index (κ2) is 4.42. The minimum Gasteiger partial charge on any atom is -0.411 e. The zero-order valence-electron chi connectivity index (χ0n) is 9.47. The van der Waals surface area contributed by atoms with Crippen molar-refractivity contribution in [1.82, 2.24) is 0 Å². The molecule has 0 unspecified atom stereocenters. The number of fused-ring (bicyclic) bond motifs is 2. The summed E-state index contributed by atoms with van der Waals surface area (Å²) in [5, 5.41) is 16.4. The Morgan fingerprint density at radius 3 is 1.72 bits per heavy atom. The van der Waals surface area contributed by atoms with E-state index in [0.717, 1.165) is 31.6 Å². The smallest absolute Gasteiger partial charge is 0.0746 e. The first-order chi connectivity index (χ1) is 8.83. The molecule has 0 aliphatic heterocycles. The average Bonchev–Trinajstić information content (AvgIpc) is 2.43. The van der Waals surface area contributed by atoms with Gasteiger partial charge in [0.1, 0.15) is 0 Å². The molecular formula is C15H10BrNO. The summed E-state index contributed by atoms with van der Waals surface area (Å²) in [5.74, 6) is 0. The maximum atomic E-state index is 8.87. The second-order valence-electron chi connectivity index (χ2n) is 4.06. The van der Waals surface area contributed by atoms with Crippen molar-refractivity contribution in [3.05, 3.63) is 58.6 Å². The molecule has 0 fully saturated rings. The third kappa shape index (κ3) is 1.59. The first-order valence-corrected chi connectivity index (χ1v) is 6.38. The van der Waals surface area contributed by atoms with Crippen molar-refractivity contribution in [1.29, 1.82) is 0 Å². The van der Waals surface area contributed by atoms with Crippen LogP contribution in [0.25, 0.3) is 21.5 Å². The Kier molecular flexibility index (Phi) is 2.76. The normalized spacial score (nSPS) is 11.6. The molecule has 0 saturated carbocycles. The predicted molar refractivity (Wildman–Crippen MR) is 78.5 cm³/mol. The van der Waals surface area contributed by atoms with Crippen LogP contribution in [0.15, 0.2) is 58.2 Å². The van der Waals surface area contributed by atoms with Gasteiger partial charge in [-0.3, -0.25) is 0 Å². The SMILES string of the molecule is ON=Cc1c2ccccc2c(Br)c2ccccc12. The maximum absolute atomic E-state index is 8.87. The van der Waals surface area contributed by atoms with Crippen molar-refractivity contribution >= 4 is 43.7 Å². The van der Waals surface area contributed by atoms with Crippen LogP contribution in [0.3, 0.4) is 0 Å². The van der Waals surface area contributed by atoms with Gasteiger partial charge in [0.05, 0.1) is 6.21 Å². The minimum absolute atomic E-state index is 0.937. The highest BCUT2D eigenvalue weighted by atomic mass is 79.9. The average molecular weight is 300 g/mol. The van der Waals surface area contributed by atoms with E-state index in [9.17, 15) is 0 Å². The van der Waals surface area contributed by atoms with E-state index in [2.05, 4.69) is 33.2 Å².